The Morgan fingerprint density at radius 3 is 2.83 bits per heavy atom. The molecule has 5 heteroatoms. The van der Waals surface area contributed by atoms with Crippen molar-refractivity contribution >= 4 is 11.8 Å². The first-order valence-electron chi connectivity index (χ1n) is 7.14. The Hall–Kier alpha value is -3.18. The third-order valence-electron chi connectivity index (χ3n) is 3.89. The van der Waals surface area contributed by atoms with Gasteiger partial charge in [-0.1, -0.05) is 12.0 Å². The van der Waals surface area contributed by atoms with E-state index in [0.29, 0.717) is 12.2 Å². The lowest BCUT2D eigenvalue weighted by Gasteiger charge is -2.32. The highest BCUT2D eigenvalue weighted by molar-refractivity contribution is 5.89. The van der Waals surface area contributed by atoms with Crippen molar-refractivity contribution in [2.45, 2.75) is 26.0 Å². The van der Waals surface area contributed by atoms with Gasteiger partial charge in [0.25, 0.3) is 0 Å². The summed E-state index contributed by atoms with van der Waals surface area (Å²) < 4.78 is 7.14. The van der Waals surface area contributed by atoms with Crippen molar-refractivity contribution in [1.29, 1.82) is 5.26 Å². The molecule has 0 atom stereocenters. The number of carbonyl (C=O) groups excluding carboxylic acids is 1. The van der Waals surface area contributed by atoms with Crippen LogP contribution in [0.3, 0.4) is 0 Å². The summed E-state index contributed by atoms with van der Waals surface area (Å²) in [5.41, 5.74) is 3.16. The Bertz CT molecular complexity index is 879. The number of rotatable bonds is 2. The summed E-state index contributed by atoms with van der Waals surface area (Å²) in [6, 6.07) is 11.4. The first kappa shape index (κ1) is 14.7. The second-order valence-corrected chi connectivity index (χ2v) is 5.79. The predicted molar refractivity (Wildman–Crippen MR) is 86.5 cm³/mol. The van der Waals surface area contributed by atoms with Crippen LogP contribution in [0.25, 0.3) is 11.3 Å². The molecule has 1 aromatic heterocycles. The third-order valence-corrected chi connectivity index (χ3v) is 3.89. The van der Waals surface area contributed by atoms with E-state index in [0.717, 1.165) is 22.5 Å². The van der Waals surface area contributed by atoms with Crippen molar-refractivity contribution in [3.05, 3.63) is 41.6 Å². The number of hydrogen-bond donors (Lipinski definition) is 1. The van der Waals surface area contributed by atoms with Crippen LogP contribution in [0.5, 0.6) is 0 Å². The molecular formula is C18H15N3O2. The van der Waals surface area contributed by atoms with Gasteiger partial charge in [-0.25, -0.2) is 4.79 Å². The topological polar surface area (TPSA) is 67.0 Å². The number of nitrogens with one attached hydrogen (secondary N) is 1. The maximum Gasteiger partial charge on any atom is 0.412 e. The maximum absolute atomic E-state index is 11.6. The van der Waals surface area contributed by atoms with Crippen LogP contribution >= 0.6 is 0 Å². The van der Waals surface area contributed by atoms with Gasteiger partial charge >= 0.3 is 6.09 Å². The summed E-state index contributed by atoms with van der Waals surface area (Å²) in [4.78, 5) is 11.6. The molecular weight excluding hydrogens is 290 g/mol. The number of fused-ring (bicyclic) bond motifs is 1. The van der Waals surface area contributed by atoms with Gasteiger partial charge in [-0.05, 0) is 43.7 Å². The molecule has 0 radical (unpaired) electrons. The third kappa shape index (κ3) is 2.43. The van der Waals surface area contributed by atoms with Crippen molar-refractivity contribution in [3.63, 3.8) is 0 Å². The Labute approximate surface area is 134 Å². The van der Waals surface area contributed by atoms with Gasteiger partial charge in [0.05, 0.1) is 17.9 Å². The number of benzene rings is 1. The lowest BCUT2D eigenvalue weighted by molar-refractivity contribution is 0.0421. The Morgan fingerprint density at radius 1 is 1.35 bits per heavy atom. The summed E-state index contributed by atoms with van der Waals surface area (Å²) in [7, 11) is 0. The molecule has 1 aromatic carbocycles. The van der Waals surface area contributed by atoms with Crippen LogP contribution in [0, 0.1) is 23.7 Å². The number of ether oxygens (including phenoxy) is 1. The minimum Gasteiger partial charge on any atom is -0.438 e. The van der Waals surface area contributed by atoms with Gasteiger partial charge in [0.15, 0.2) is 0 Å². The van der Waals surface area contributed by atoms with Crippen molar-refractivity contribution in [2.24, 2.45) is 0 Å². The smallest absolute Gasteiger partial charge is 0.412 e. The molecule has 0 aliphatic carbocycles. The molecule has 0 bridgehead atoms. The van der Waals surface area contributed by atoms with Gasteiger partial charge in [-0.2, -0.15) is 5.26 Å². The van der Waals surface area contributed by atoms with Crippen molar-refractivity contribution in [2.75, 3.05) is 5.32 Å². The summed E-state index contributed by atoms with van der Waals surface area (Å²) in [5.74, 6) is 2.57. The zero-order valence-electron chi connectivity index (χ0n) is 12.9. The van der Waals surface area contributed by atoms with Crippen LogP contribution in [0.1, 0.15) is 25.1 Å². The molecule has 5 nitrogen and oxygen atoms in total. The largest absolute Gasteiger partial charge is 0.438 e. The van der Waals surface area contributed by atoms with Crippen LogP contribution in [0.15, 0.2) is 30.3 Å². The standard InChI is InChI=1S/C18H15N3O2/c1-4-9-21-13(11-19)6-8-16(21)12-5-7-15-14(10-12)18(2,3)23-17(22)20-15/h1,5-8,10H,9H2,2-3H3,(H,20,22). The molecule has 0 spiro atoms. The number of nitrogens with zero attached hydrogens (tertiary/aromatic N) is 2. The SMILES string of the molecule is C#CCn1c(C#N)ccc1-c1ccc2c(c1)C(C)(C)OC(=O)N2. The molecule has 1 N–H and O–H groups in total. The van der Waals surface area contributed by atoms with Crippen molar-refractivity contribution in [3.8, 4) is 29.7 Å². The Morgan fingerprint density at radius 2 is 2.13 bits per heavy atom. The number of hydrogen-bond acceptors (Lipinski definition) is 3. The van der Waals surface area contributed by atoms with Crippen molar-refractivity contribution < 1.29 is 9.53 Å². The highest BCUT2D eigenvalue weighted by atomic mass is 16.6. The quantitative estimate of drug-likeness (QED) is 0.864. The van der Waals surface area contributed by atoms with Crippen LogP contribution in [-0.2, 0) is 16.9 Å². The number of anilines is 1. The molecule has 23 heavy (non-hydrogen) atoms. The van der Waals surface area contributed by atoms with E-state index in [2.05, 4.69) is 17.3 Å². The zero-order valence-corrected chi connectivity index (χ0v) is 12.9. The first-order valence-corrected chi connectivity index (χ1v) is 7.14. The normalized spacial score (nSPS) is 14.9. The van der Waals surface area contributed by atoms with Gasteiger partial charge in [-0.15, -0.1) is 6.42 Å². The fraction of sp³-hybridized carbons (Fsp3) is 0.222. The molecule has 2 heterocycles. The minimum atomic E-state index is -0.727. The Kier molecular flexibility index (Phi) is 3.35. The minimum absolute atomic E-state index is 0.318. The van der Waals surface area contributed by atoms with E-state index < -0.39 is 11.7 Å². The summed E-state index contributed by atoms with van der Waals surface area (Å²) in [6.45, 7) is 4.00. The number of carbonyl (C=O) groups is 1. The summed E-state index contributed by atoms with van der Waals surface area (Å²) >= 11 is 0. The van der Waals surface area contributed by atoms with Gasteiger partial charge < -0.3 is 9.30 Å². The van der Waals surface area contributed by atoms with Crippen LogP contribution in [0.4, 0.5) is 10.5 Å². The molecule has 1 aliphatic heterocycles. The van der Waals surface area contributed by atoms with E-state index in [-0.39, 0.29) is 0 Å². The maximum atomic E-state index is 11.6. The highest BCUT2D eigenvalue weighted by Crippen LogP contribution is 2.38. The lowest BCUT2D eigenvalue weighted by Crippen LogP contribution is -2.34. The number of terminal acetylenes is 1. The van der Waals surface area contributed by atoms with Crippen molar-refractivity contribution in [1.82, 2.24) is 4.57 Å². The van der Waals surface area contributed by atoms with E-state index in [9.17, 15) is 10.1 Å². The Balaban J connectivity index is 2.14. The zero-order chi connectivity index (χ0) is 16.6. The van der Waals surface area contributed by atoms with Gasteiger partial charge in [0.2, 0.25) is 0 Å². The van der Waals surface area contributed by atoms with Crippen LogP contribution in [-0.4, -0.2) is 10.7 Å². The predicted octanol–water partition coefficient (Wildman–Crippen LogP) is 3.46. The van der Waals surface area contributed by atoms with Gasteiger partial charge in [-0.3, -0.25) is 5.32 Å². The second-order valence-electron chi connectivity index (χ2n) is 5.79. The van der Waals surface area contributed by atoms with Gasteiger partial charge in [0.1, 0.15) is 17.4 Å². The molecule has 1 amide bonds. The molecule has 1 aliphatic rings. The number of nitriles is 1. The second kappa shape index (κ2) is 5.23. The number of cyclic esters (lactones) is 1. The average Bonchev–Trinajstić information content (AvgIpc) is 2.89. The fourth-order valence-electron chi connectivity index (χ4n) is 2.81. The fourth-order valence-corrected chi connectivity index (χ4v) is 2.81. The molecule has 0 saturated heterocycles. The highest BCUT2D eigenvalue weighted by Gasteiger charge is 2.33. The molecule has 114 valence electrons. The van der Waals surface area contributed by atoms with E-state index in [1.54, 1.807) is 10.6 Å². The summed E-state index contributed by atoms with van der Waals surface area (Å²) in [5, 5.41) is 11.9. The van der Waals surface area contributed by atoms with E-state index in [4.69, 9.17) is 11.2 Å². The lowest BCUT2D eigenvalue weighted by atomic mass is 9.92. The monoisotopic (exact) mass is 305 g/mol. The van der Waals surface area contributed by atoms with E-state index in [1.165, 1.54) is 0 Å². The molecule has 0 saturated carbocycles. The van der Waals surface area contributed by atoms with E-state index in [1.807, 2.05) is 38.1 Å². The van der Waals surface area contributed by atoms with E-state index >= 15 is 0 Å². The number of amides is 1. The van der Waals surface area contributed by atoms with Gasteiger partial charge in [0, 0.05) is 5.56 Å². The molecule has 0 unspecified atom stereocenters. The molecule has 3 rings (SSSR count). The van der Waals surface area contributed by atoms with Crippen LogP contribution in [0.2, 0.25) is 0 Å². The molecule has 2 aromatic rings. The molecule has 0 fully saturated rings. The summed E-state index contributed by atoms with van der Waals surface area (Å²) in [6.07, 6.45) is 4.95. The van der Waals surface area contributed by atoms with Crippen LogP contribution < -0.4 is 5.32 Å². The average molecular weight is 305 g/mol. The first-order chi connectivity index (χ1) is 11.0. The number of aromatic nitrogens is 1.